The minimum Gasteiger partial charge on any atom is -0.493 e. The Labute approximate surface area is 199 Å². The average Bonchev–Trinajstić information content (AvgIpc) is 3.22. The molecule has 0 unspecified atom stereocenters. The number of hydrogen-bond donors (Lipinski definition) is 6. The third kappa shape index (κ3) is 6.17. The number of aromatic amines is 1. The zero-order chi connectivity index (χ0) is 25.5. The Balaban J connectivity index is 1.70. The average molecular weight is 480 g/mol. The van der Waals surface area contributed by atoms with Crippen LogP contribution in [0.2, 0.25) is 0 Å². The number of hydrogen-bond acceptors (Lipinski definition) is 8. The molecule has 0 aliphatic rings. The molecule has 7 N–H and O–H groups in total. The van der Waals surface area contributed by atoms with Crippen LogP contribution >= 0.6 is 0 Å². The van der Waals surface area contributed by atoms with Gasteiger partial charge in [0, 0.05) is 30.4 Å². The van der Waals surface area contributed by atoms with E-state index in [0.717, 1.165) is 11.3 Å². The number of carboxylic acid groups (broad SMARTS) is 2. The van der Waals surface area contributed by atoms with Gasteiger partial charge in [0.05, 0.1) is 11.9 Å². The van der Waals surface area contributed by atoms with E-state index >= 15 is 0 Å². The van der Waals surface area contributed by atoms with Gasteiger partial charge in [-0.05, 0) is 42.7 Å². The highest BCUT2D eigenvalue weighted by molar-refractivity contribution is 5.97. The number of carbonyl (C=O) groups is 3. The van der Waals surface area contributed by atoms with Crippen molar-refractivity contribution in [2.75, 3.05) is 23.7 Å². The largest absolute Gasteiger partial charge is 0.493 e. The van der Waals surface area contributed by atoms with Crippen LogP contribution < -0.4 is 16.0 Å². The van der Waals surface area contributed by atoms with Crippen LogP contribution in [-0.4, -0.2) is 67.2 Å². The molecule has 0 bridgehead atoms. The molecule has 0 saturated heterocycles. The Morgan fingerprint density at radius 1 is 1.20 bits per heavy atom. The van der Waals surface area contributed by atoms with E-state index in [0.29, 0.717) is 24.0 Å². The van der Waals surface area contributed by atoms with Crippen molar-refractivity contribution in [3.05, 3.63) is 41.6 Å². The van der Waals surface area contributed by atoms with Crippen molar-refractivity contribution in [2.24, 2.45) is 0 Å². The number of aliphatic carboxylic acids is 2. The molecule has 12 heteroatoms. The second-order valence-corrected chi connectivity index (χ2v) is 7.66. The van der Waals surface area contributed by atoms with E-state index in [4.69, 9.17) is 17.3 Å². The number of aromatic nitrogens is 3. The van der Waals surface area contributed by atoms with Gasteiger partial charge in [-0.25, -0.2) is 4.79 Å². The summed E-state index contributed by atoms with van der Waals surface area (Å²) in [6.45, 7) is 0.752. The summed E-state index contributed by atoms with van der Waals surface area (Å²) in [7, 11) is 0. The Bertz CT molecular complexity index is 1280. The van der Waals surface area contributed by atoms with Crippen molar-refractivity contribution in [1.29, 1.82) is 0 Å². The molecule has 1 amide bonds. The fraction of sp³-hybridized carbons (Fsp3) is 0.261. The van der Waals surface area contributed by atoms with Crippen LogP contribution in [0, 0.1) is 12.3 Å². The van der Waals surface area contributed by atoms with Gasteiger partial charge in [-0.3, -0.25) is 9.59 Å². The summed E-state index contributed by atoms with van der Waals surface area (Å²) in [5.74, 6) is -0.769. The molecule has 12 nitrogen and oxygen atoms in total. The fourth-order valence-electron chi connectivity index (χ4n) is 3.55. The number of carbonyl (C=O) groups excluding carboxylic acids is 1. The molecule has 1 aromatic carbocycles. The Morgan fingerprint density at radius 2 is 1.91 bits per heavy atom. The van der Waals surface area contributed by atoms with Gasteiger partial charge in [0.25, 0.3) is 5.91 Å². The van der Waals surface area contributed by atoms with Gasteiger partial charge in [-0.15, -0.1) is 6.42 Å². The van der Waals surface area contributed by atoms with Gasteiger partial charge >= 0.3 is 11.9 Å². The van der Waals surface area contributed by atoms with Crippen molar-refractivity contribution in [1.82, 2.24) is 20.3 Å². The summed E-state index contributed by atoms with van der Waals surface area (Å²) in [6.07, 6.45) is 7.12. The van der Waals surface area contributed by atoms with Gasteiger partial charge in [-0.2, -0.15) is 9.97 Å². The Morgan fingerprint density at radius 3 is 2.54 bits per heavy atom. The van der Waals surface area contributed by atoms with Gasteiger partial charge in [0.15, 0.2) is 0 Å². The molecule has 3 aromatic rings. The molecule has 1 atom stereocenters. The first-order valence-corrected chi connectivity index (χ1v) is 10.6. The second-order valence-electron chi connectivity index (χ2n) is 7.66. The van der Waals surface area contributed by atoms with Crippen LogP contribution in [0.5, 0.6) is 5.88 Å². The van der Waals surface area contributed by atoms with E-state index < -0.39 is 23.9 Å². The lowest BCUT2D eigenvalue weighted by atomic mass is 10.1. The van der Waals surface area contributed by atoms with Crippen LogP contribution in [-0.2, 0) is 16.0 Å². The van der Waals surface area contributed by atoms with E-state index in [1.165, 1.54) is 12.1 Å². The Hall–Kier alpha value is -4.79. The van der Waals surface area contributed by atoms with Crippen molar-refractivity contribution in [3.63, 3.8) is 0 Å². The summed E-state index contributed by atoms with van der Waals surface area (Å²) >= 11 is 0. The SMILES string of the molecule is C#CCN(CCc1c[nH]c2nc(N)nc(O)c12)c1ccc(C(=O)N[C@@H](CCC(=O)O)C(=O)O)cc1. The number of aromatic hydroxyl groups is 1. The van der Waals surface area contributed by atoms with E-state index in [9.17, 15) is 24.6 Å². The van der Waals surface area contributed by atoms with Crippen molar-refractivity contribution in [2.45, 2.75) is 25.3 Å². The first kappa shape index (κ1) is 24.8. The lowest BCUT2D eigenvalue weighted by Gasteiger charge is -2.22. The number of nitrogen functional groups attached to an aromatic ring is 1. The topological polar surface area (TPSA) is 195 Å². The maximum Gasteiger partial charge on any atom is 0.326 e. The highest BCUT2D eigenvalue weighted by atomic mass is 16.4. The number of fused-ring (bicyclic) bond motifs is 1. The number of nitrogens with two attached hydrogens (primary N) is 1. The molecule has 182 valence electrons. The lowest BCUT2D eigenvalue weighted by Crippen LogP contribution is -2.41. The molecule has 0 fully saturated rings. The number of rotatable bonds is 11. The van der Waals surface area contributed by atoms with E-state index in [1.54, 1.807) is 18.3 Å². The van der Waals surface area contributed by atoms with Gasteiger partial charge in [0.1, 0.15) is 11.7 Å². The van der Waals surface area contributed by atoms with Crippen molar-refractivity contribution in [3.8, 4) is 18.2 Å². The molecule has 3 rings (SSSR count). The molecule has 0 radical (unpaired) electrons. The minimum absolute atomic E-state index is 0.0435. The van der Waals surface area contributed by atoms with Crippen LogP contribution in [0.3, 0.4) is 0 Å². The molecule has 0 saturated carbocycles. The van der Waals surface area contributed by atoms with Crippen molar-refractivity contribution < 1.29 is 29.7 Å². The first-order chi connectivity index (χ1) is 16.7. The molecule has 0 aliphatic heterocycles. The number of nitrogens with zero attached hydrogens (tertiary/aromatic N) is 3. The van der Waals surface area contributed by atoms with Crippen LogP contribution in [0.4, 0.5) is 11.6 Å². The van der Waals surface area contributed by atoms with E-state index in [2.05, 4.69) is 26.2 Å². The number of anilines is 2. The van der Waals surface area contributed by atoms with E-state index in [-0.39, 0.29) is 36.8 Å². The predicted molar refractivity (Wildman–Crippen MR) is 127 cm³/mol. The number of terminal acetylenes is 1. The zero-order valence-corrected chi connectivity index (χ0v) is 18.6. The molecule has 0 aliphatic carbocycles. The number of carboxylic acids is 2. The second kappa shape index (κ2) is 10.9. The summed E-state index contributed by atoms with van der Waals surface area (Å²) in [5, 5.41) is 30.9. The molecular weight excluding hydrogens is 456 g/mol. The molecule has 2 aromatic heterocycles. The third-order valence-electron chi connectivity index (χ3n) is 5.29. The predicted octanol–water partition coefficient (Wildman–Crippen LogP) is 0.976. The standard InChI is InChI=1S/C23H24N6O6/c1-2-10-29(11-9-14-12-25-19-18(14)21(33)28-23(24)27-19)15-5-3-13(4-6-15)20(32)26-16(22(34)35)7-8-17(30)31/h1,3-6,12,16H,7-11H2,(H,26,32)(H,30,31)(H,34,35)(H4,24,25,27,28,33)/t16-/m0/s1. The van der Waals surface area contributed by atoms with Gasteiger partial charge < -0.3 is 36.3 Å². The number of benzene rings is 1. The summed E-state index contributed by atoms with van der Waals surface area (Å²) in [6, 6.07) is 5.09. The zero-order valence-electron chi connectivity index (χ0n) is 18.6. The minimum atomic E-state index is -1.32. The molecule has 35 heavy (non-hydrogen) atoms. The molecular formula is C23H24N6O6. The fourth-order valence-corrected chi connectivity index (χ4v) is 3.55. The van der Waals surface area contributed by atoms with Gasteiger partial charge in [-0.1, -0.05) is 5.92 Å². The highest BCUT2D eigenvalue weighted by Gasteiger charge is 2.22. The molecule has 0 spiro atoms. The number of nitrogens with one attached hydrogen (secondary N) is 2. The lowest BCUT2D eigenvalue weighted by molar-refractivity contribution is -0.140. The third-order valence-corrected chi connectivity index (χ3v) is 5.29. The normalized spacial score (nSPS) is 11.5. The van der Waals surface area contributed by atoms with Crippen molar-refractivity contribution >= 4 is 40.5 Å². The highest BCUT2D eigenvalue weighted by Crippen LogP contribution is 2.26. The first-order valence-electron chi connectivity index (χ1n) is 10.6. The smallest absolute Gasteiger partial charge is 0.326 e. The maximum atomic E-state index is 12.5. The number of H-pyrrole nitrogens is 1. The van der Waals surface area contributed by atoms with Gasteiger partial charge in [0.2, 0.25) is 11.8 Å². The van der Waals surface area contributed by atoms with Crippen LogP contribution in [0.1, 0.15) is 28.8 Å². The van der Waals surface area contributed by atoms with E-state index in [1.807, 2.05) is 4.90 Å². The quantitative estimate of drug-likeness (QED) is 0.215. The van der Waals surface area contributed by atoms with Crippen LogP contribution in [0.15, 0.2) is 30.5 Å². The number of amides is 1. The molecule has 2 heterocycles. The summed E-state index contributed by atoms with van der Waals surface area (Å²) in [4.78, 5) is 47.2. The summed E-state index contributed by atoms with van der Waals surface area (Å²) in [5.41, 5.74) is 7.70. The van der Waals surface area contributed by atoms with Crippen LogP contribution in [0.25, 0.3) is 11.0 Å². The monoisotopic (exact) mass is 480 g/mol. The summed E-state index contributed by atoms with van der Waals surface area (Å²) < 4.78 is 0. The maximum absolute atomic E-state index is 12.5. The Kier molecular flexibility index (Phi) is 7.73.